The van der Waals surface area contributed by atoms with Gasteiger partial charge in [-0.2, -0.15) is 5.26 Å². The molecule has 0 spiro atoms. The number of carbonyl (C=O) groups excluding carboxylic acids is 1. The van der Waals surface area contributed by atoms with E-state index in [0.717, 1.165) is 22.1 Å². The topological polar surface area (TPSA) is 78.7 Å². The molecule has 4 rings (SSSR count). The minimum absolute atomic E-state index is 0.181. The molecule has 1 N–H and O–H groups in total. The van der Waals surface area contributed by atoms with Gasteiger partial charge in [0, 0.05) is 28.8 Å². The number of ketones is 1. The van der Waals surface area contributed by atoms with Crippen LogP contribution < -0.4 is 5.32 Å². The molecule has 4 aromatic rings. The van der Waals surface area contributed by atoms with E-state index in [2.05, 4.69) is 22.4 Å². The zero-order valence-electron chi connectivity index (χ0n) is 17.4. The first kappa shape index (κ1) is 21.1. The molecular weight excluding hydrogens is 420 g/mol. The van der Waals surface area contributed by atoms with Crippen molar-refractivity contribution in [3.8, 4) is 40.9 Å². The summed E-state index contributed by atoms with van der Waals surface area (Å²) in [6, 6.07) is 19.3. The highest BCUT2D eigenvalue weighted by atomic mass is 35.5. The van der Waals surface area contributed by atoms with Crippen molar-refractivity contribution in [1.82, 2.24) is 9.97 Å². The van der Waals surface area contributed by atoms with Gasteiger partial charge in [-0.15, -0.1) is 0 Å². The first-order chi connectivity index (χ1) is 15.4. The second-order valence-electron chi connectivity index (χ2n) is 7.23. The molecule has 0 saturated carbocycles. The molecule has 154 valence electrons. The Morgan fingerprint density at radius 3 is 2.69 bits per heavy atom. The van der Waals surface area contributed by atoms with Gasteiger partial charge < -0.3 is 0 Å². The second kappa shape index (κ2) is 8.51. The molecule has 32 heavy (non-hydrogen) atoms. The number of nitrogens with one attached hydrogen (secondary N) is 1. The van der Waals surface area contributed by atoms with Crippen molar-refractivity contribution >= 4 is 34.1 Å². The van der Waals surface area contributed by atoms with E-state index in [-0.39, 0.29) is 11.6 Å². The van der Waals surface area contributed by atoms with Crippen LogP contribution in [-0.4, -0.2) is 15.8 Å². The van der Waals surface area contributed by atoms with E-state index in [4.69, 9.17) is 23.0 Å². The van der Waals surface area contributed by atoms with Crippen LogP contribution in [0.4, 0.5) is 5.82 Å². The van der Waals surface area contributed by atoms with Crippen molar-refractivity contribution in [2.24, 2.45) is 0 Å². The highest BCUT2D eigenvalue weighted by molar-refractivity contribution is 6.35. The molecule has 2 aromatic carbocycles. The number of nitrogens with zero attached hydrogens (tertiary/aromatic N) is 3. The highest BCUT2D eigenvalue weighted by Gasteiger charge is 2.20. The average molecular weight is 437 g/mol. The fourth-order valence-corrected chi connectivity index (χ4v) is 3.96. The van der Waals surface area contributed by atoms with Crippen LogP contribution in [0.2, 0.25) is 5.02 Å². The molecule has 0 aliphatic rings. The van der Waals surface area contributed by atoms with Gasteiger partial charge >= 0.3 is 0 Å². The van der Waals surface area contributed by atoms with E-state index in [1.807, 2.05) is 31.2 Å². The van der Waals surface area contributed by atoms with Gasteiger partial charge in [-0.1, -0.05) is 36.2 Å². The van der Waals surface area contributed by atoms with Gasteiger partial charge in [0.2, 0.25) is 0 Å². The summed E-state index contributed by atoms with van der Waals surface area (Å²) in [4.78, 5) is 21.5. The predicted molar refractivity (Wildman–Crippen MR) is 127 cm³/mol. The molecule has 0 amide bonds. The number of Topliss-reactive ketones (excluding diaryl/α,β-unsaturated/α-hetero) is 1. The van der Waals surface area contributed by atoms with Crippen LogP contribution in [0.25, 0.3) is 33.3 Å². The first-order valence-corrected chi connectivity index (χ1v) is 10.1. The number of carbonyl (C=O) groups is 1. The molecular formula is C26H17ClN4O. The molecule has 0 aliphatic heterocycles. The zero-order valence-corrected chi connectivity index (χ0v) is 18.2. The van der Waals surface area contributed by atoms with Crippen molar-refractivity contribution in [2.75, 3.05) is 5.32 Å². The number of pyridine rings is 2. The van der Waals surface area contributed by atoms with Crippen molar-refractivity contribution < 1.29 is 4.79 Å². The molecule has 2 aromatic heterocycles. The quantitative estimate of drug-likeness (QED) is 0.241. The van der Waals surface area contributed by atoms with Crippen LogP contribution >= 0.6 is 11.6 Å². The number of aromatic nitrogens is 2. The van der Waals surface area contributed by atoms with Crippen molar-refractivity contribution in [2.45, 2.75) is 13.8 Å². The summed E-state index contributed by atoms with van der Waals surface area (Å²) in [6.07, 6.45) is 7.13. The van der Waals surface area contributed by atoms with Crippen molar-refractivity contribution in [1.29, 1.82) is 5.26 Å². The Morgan fingerprint density at radius 2 is 1.97 bits per heavy atom. The maximum Gasteiger partial charge on any atom is 0.163 e. The third kappa shape index (κ3) is 3.67. The van der Waals surface area contributed by atoms with E-state index >= 15 is 0 Å². The van der Waals surface area contributed by atoms with E-state index in [1.54, 1.807) is 30.5 Å². The lowest BCUT2D eigenvalue weighted by molar-refractivity contribution is 0.101. The summed E-state index contributed by atoms with van der Waals surface area (Å²) in [6.45, 7) is 3.32. The smallest absolute Gasteiger partial charge is 0.163 e. The van der Waals surface area contributed by atoms with Crippen molar-refractivity contribution in [3.63, 3.8) is 0 Å². The highest BCUT2D eigenvalue weighted by Crippen LogP contribution is 2.38. The normalized spacial score (nSPS) is 10.4. The van der Waals surface area contributed by atoms with E-state index in [9.17, 15) is 10.1 Å². The summed E-state index contributed by atoms with van der Waals surface area (Å²) in [5, 5.41) is 13.6. The minimum Gasteiger partial charge on any atom is -0.299 e. The number of fused-ring (bicyclic) bond motifs is 1. The molecule has 0 radical (unpaired) electrons. The van der Waals surface area contributed by atoms with Gasteiger partial charge in [0.05, 0.1) is 33.4 Å². The van der Waals surface area contributed by atoms with Gasteiger partial charge in [0.15, 0.2) is 5.78 Å². The fourth-order valence-electron chi connectivity index (χ4n) is 3.69. The van der Waals surface area contributed by atoms with Crippen LogP contribution in [0.1, 0.15) is 28.4 Å². The Bertz CT molecular complexity index is 1480. The van der Waals surface area contributed by atoms with Gasteiger partial charge in [-0.3, -0.25) is 15.1 Å². The van der Waals surface area contributed by atoms with E-state index in [0.29, 0.717) is 32.9 Å². The largest absolute Gasteiger partial charge is 0.299 e. The van der Waals surface area contributed by atoms with Crippen molar-refractivity contribution in [3.05, 3.63) is 76.4 Å². The molecule has 0 aliphatic carbocycles. The zero-order chi connectivity index (χ0) is 22.8. The number of hydrogen-bond donors (Lipinski definition) is 1. The molecule has 0 fully saturated rings. The lowest BCUT2D eigenvalue weighted by atomic mass is 9.92. The Balaban J connectivity index is 2.10. The lowest BCUT2D eigenvalue weighted by Crippen LogP contribution is -2.06. The van der Waals surface area contributed by atoms with Gasteiger partial charge in [0.1, 0.15) is 5.82 Å². The van der Waals surface area contributed by atoms with Crippen LogP contribution in [0, 0.1) is 30.7 Å². The predicted octanol–water partition coefficient (Wildman–Crippen LogP) is 6.00. The summed E-state index contributed by atoms with van der Waals surface area (Å²) < 4.78 is 0. The second-order valence-corrected chi connectivity index (χ2v) is 7.64. The lowest BCUT2D eigenvalue weighted by Gasteiger charge is -2.17. The average Bonchev–Trinajstić information content (AvgIpc) is 2.79. The first-order valence-electron chi connectivity index (χ1n) is 9.77. The van der Waals surface area contributed by atoms with Crippen LogP contribution in [0.5, 0.6) is 0 Å². The number of terminal acetylenes is 1. The summed E-state index contributed by atoms with van der Waals surface area (Å²) >= 11 is 6.54. The number of halogens is 1. The Labute approximate surface area is 190 Å². The summed E-state index contributed by atoms with van der Waals surface area (Å²) in [7, 11) is 0. The SMILES string of the molecule is C#CNc1nc(-c2cccc(C#N)c2C)c(-c2cc(Cl)c3ncccc3c2)cc1C(C)=O. The van der Waals surface area contributed by atoms with Crippen LogP contribution in [0.3, 0.4) is 0 Å². The standard InChI is InChI=1S/C26H17ClN4O/c1-4-29-26-21(16(3)32)13-22(19-11-17-8-6-10-30-24(17)23(27)12-19)25(31-26)20-9-5-7-18(14-28)15(20)2/h1,5-13H,2-3H3,(H,29,31). The molecule has 2 heterocycles. The summed E-state index contributed by atoms with van der Waals surface area (Å²) in [5.74, 6) is 0.105. The number of hydrogen-bond acceptors (Lipinski definition) is 5. The number of rotatable bonds is 4. The third-order valence-electron chi connectivity index (χ3n) is 5.27. The number of benzene rings is 2. The fraction of sp³-hybridized carbons (Fsp3) is 0.0769. The number of nitriles is 1. The maximum atomic E-state index is 12.4. The Hall–Kier alpha value is -4.19. The van der Waals surface area contributed by atoms with Gasteiger partial charge in [-0.25, -0.2) is 4.98 Å². The number of anilines is 1. The van der Waals surface area contributed by atoms with E-state index < -0.39 is 0 Å². The Morgan fingerprint density at radius 1 is 1.16 bits per heavy atom. The van der Waals surface area contributed by atoms with Gasteiger partial charge in [0.25, 0.3) is 0 Å². The molecule has 0 saturated heterocycles. The maximum absolute atomic E-state index is 12.4. The van der Waals surface area contributed by atoms with E-state index in [1.165, 1.54) is 6.92 Å². The molecule has 0 bridgehead atoms. The Kier molecular flexibility index (Phi) is 5.60. The van der Waals surface area contributed by atoms with Crippen LogP contribution in [0.15, 0.2) is 54.7 Å². The van der Waals surface area contributed by atoms with Gasteiger partial charge in [-0.05, 0) is 55.3 Å². The third-order valence-corrected chi connectivity index (χ3v) is 5.56. The molecule has 6 heteroatoms. The monoisotopic (exact) mass is 436 g/mol. The molecule has 0 unspecified atom stereocenters. The summed E-state index contributed by atoms with van der Waals surface area (Å²) in [5.41, 5.74) is 5.18. The van der Waals surface area contributed by atoms with Crippen LogP contribution in [-0.2, 0) is 0 Å². The minimum atomic E-state index is -0.181. The molecule has 5 nitrogen and oxygen atoms in total. The molecule has 0 atom stereocenters.